The van der Waals surface area contributed by atoms with Crippen molar-refractivity contribution in [2.24, 2.45) is 0 Å². The average molecular weight is 259 g/mol. The van der Waals surface area contributed by atoms with E-state index in [1.165, 1.54) is 0 Å². The van der Waals surface area contributed by atoms with Gasteiger partial charge in [-0.25, -0.2) is 0 Å². The molecule has 0 N–H and O–H groups in total. The number of benzene rings is 1. The first-order chi connectivity index (χ1) is 9.09. The lowest BCUT2D eigenvalue weighted by molar-refractivity contribution is 0.0702. The van der Waals surface area contributed by atoms with Crippen LogP contribution in [0, 0.1) is 6.92 Å². The quantitative estimate of drug-likeness (QED) is 0.707. The number of carbonyl (C=O) groups is 1. The van der Waals surface area contributed by atoms with Gasteiger partial charge in [-0.3, -0.25) is 4.79 Å². The zero-order valence-electron chi connectivity index (χ0n) is 11.9. The van der Waals surface area contributed by atoms with Crippen LogP contribution in [-0.4, -0.2) is 55.6 Å². The van der Waals surface area contributed by atoms with Gasteiger partial charge >= 0.3 is 0 Å². The normalized spacial score (nSPS) is 23.9. The molecule has 0 radical (unpaired) electrons. The molecule has 1 aromatic rings. The van der Waals surface area contributed by atoms with Gasteiger partial charge in [0.2, 0.25) is 0 Å². The third kappa shape index (κ3) is 1.91. The van der Waals surface area contributed by atoms with Crippen LogP contribution in [-0.2, 0) is 0 Å². The average Bonchev–Trinajstić information content (AvgIpc) is 2.58. The minimum atomic E-state index is 0.166. The number of nitrogens with zero attached hydrogens (tertiary/aromatic N) is 3. The highest BCUT2D eigenvalue weighted by Crippen LogP contribution is 2.34. The Morgan fingerprint density at radius 1 is 1.16 bits per heavy atom. The molecule has 2 aliphatic rings. The zero-order chi connectivity index (χ0) is 13.6. The molecule has 1 unspecified atom stereocenters. The van der Waals surface area contributed by atoms with Crippen molar-refractivity contribution in [1.29, 1.82) is 0 Å². The predicted octanol–water partition coefficient (Wildman–Crippen LogP) is 1.55. The molecule has 0 spiro atoms. The fourth-order valence-corrected chi connectivity index (χ4v) is 3.20. The molecule has 1 fully saturated rings. The van der Waals surface area contributed by atoms with Crippen molar-refractivity contribution in [2.75, 3.05) is 38.6 Å². The number of hydrogen-bond acceptors (Lipinski definition) is 3. The van der Waals surface area contributed by atoms with E-state index in [0.717, 1.165) is 42.9 Å². The third-order valence-corrected chi connectivity index (χ3v) is 4.39. The van der Waals surface area contributed by atoms with Crippen molar-refractivity contribution in [1.82, 2.24) is 9.80 Å². The number of likely N-dealkylation sites (N-methyl/N-ethyl adjacent to an activating group) is 1. The summed E-state index contributed by atoms with van der Waals surface area (Å²) in [6.45, 7) is 5.09. The summed E-state index contributed by atoms with van der Waals surface area (Å²) < 4.78 is 0. The van der Waals surface area contributed by atoms with Crippen molar-refractivity contribution in [3.63, 3.8) is 0 Å². The number of rotatable bonds is 0. The number of aryl methyl sites for hydroxylation is 1. The van der Waals surface area contributed by atoms with E-state index < -0.39 is 0 Å². The predicted molar refractivity (Wildman–Crippen MR) is 76.5 cm³/mol. The Labute approximate surface area is 114 Å². The molecule has 19 heavy (non-hydrogen) atoms. The minimum absolute atomic E-state index is 0.166. The third-order valence-electron chi connectivity index (χ3n) is 4.39. The highest BCUT2D eigenvalue weighted by atomic mass is 16.2. The van der Waals surface area contributed by atoms with E-state index >= 15 is 0 Å². The molecule has 4 heteroatoms. The van der Waals surface area contributed by atoms with Gasteiger partial charge in [0.15, 0.2) is 0 Å². The van der Waals surface area contributed by atoms with Gasteiger partial charge in [-0.1, -0.05) is 12.1 Å². The highest BCUT2D eigenvalue weighted by Gasteiger charge is 2.37. The molecule has 102 valence electrons. The smallest absolute Gasteiger partial charge is 0.257 e. The lowest BCUT2D eigenvalue weighted by Crippen LogP contribution is -2.54. The van der Waals surface area contributed by atoms with E-state index in [0.29, 0.717) is 0 Å². The summed E-state index contributed by atoms with van der Waals surface area (Å²) in [4.78, 5) is 19.2. The second kappa shape index (κ2) is 4.53. The first kappa shape index (κ1) is 12.5. The van der Waals surface area contributed by atoms with Gasteiger partial charge in [0.05, 0.1) is 11.3 Å². The van der Waals surface area contributed by atoms with Gasteiger partial charge in [-0.15, -0.1) is 0 Å². The SMILES string of the molecule is Cc1cccc2c1C(=O)N(C)C1CCN(C)CCN21. The van der Waals surface area contributed by atoms with E-state index in [9.17, 15) is 4.79 Å². The summed E-state index contributed by atoms with van der Waals surface area (Å²) >= 11 is 0. The summed E-state index contributed by atoms with van der Waals surface area (Å²) in [5.74, 6) is 0.166. The number of fused-ring (bicyclic) bond motifs is 3. The molecule has 2 aliphatic heterocycles. The van der Waals surface area contributed by atoms with Gasteiger partial charge in [-0.2, -0.15) is 0 Å². The van der Waals surface area contributed by atoms with Crippen LogP contribution in [0.15, 0.2) is 18.2 Å². The van der Waals surface area contributed by atoms with E-state index in [1.54, 1.807) is 0 Å². The molecule has 1 saturated heterocycles. The Morgan fingerprint density at radius 2 is 1.95 bits per heavy atom. The Balaban J connectivity index is 2.09. The maximum atomic E-state index is 12.6. The van der Waals surface area contributed by atoms with Crippen molar-refractivity contribution in [3.05, 3.63) is 29.3 Å². The Bertz CT molecular complexity index is 514. The molecule has 0 bridgehead atoms. The van der Waals surface area contributed by atoms with Gasteiger partial charge < -0.3 is 14.7 Å². The molecule has 4 nitrogen and oxygen atoms in total. The second-order valence-corrected chi connectivity index (χ2v) is 5.65. The molecular weight excluding hydrogens is 238 g/mol. The van der Waals surface area contributed by atoms with E-state index in [-0.39, 0.29) is 12.1 Å². The fraction of sp³-hybridized carbons (Fsp3) is 0.533. The van der Waals surface area contributed by atoms with Crippen molar-refractivity contribution in [3.8, 4) is 0 Å². The summed E-state index contributed by atoms with van der Waals surface area (Å²) in [7, 11) is 4.08. The van der Waals surface area contributed by atoms with Gasteiger partial charge in [-0.05, 0) is 32.0 Å². The first-order valence-electron chi connectivity index (χ1n) is 6.91. The van der Waals surface area contributed by atoms with Crippen LogP contribution in [0.3, 0.4) is 0 Å². The summed E-state index contributed by atoms with van der Waals surface area (Å²) in [5, 5.41) is 0. The summed E-state index contributed by atoms with van der Waals surface area (Å²) in [6.07, 6.45) is 1.21. The van der Waals surface area contributed by atoms with Gasteiger partial charge in [0.1, 0.15) is 6.17 Å². The fourth-order valence-electron chi connectivity index (χ4n) is 3.20. The van der Waals surface area contributed by atoms with E-state index in [2.05, 4.69) is 29.0 Å². The molecular formula is C15H21N3O. The molecule has 0 aliphatic carbocycles. The van der Waals surface area contributed by atoms with Crippen LogP contribution in [0.4, 0.5) is 5.69 Å². The van der Waals surface area contributed by atoms with Crippen LogP contribution < -0.4 is 4.90 Å². The molecule has 3 rings (SSSR count). The Hall–Kier alpha value is -1.55. The van der Waals surface area contributed by atoms with E-state index in [1.807, 2.05) is 24.9 Å². The van der Waals surface area contributed by atoms with E-state index in [4.69, 9.17) is 0 Å². The molecule has 0 aromatic heterocycles. The molecule has 2 heterocycles. The molecule has 1 amide bonds. The van der Waals surface area contributed by atoms with Crippen molar-refractivity contribution >= 4 is 11.6 Å². The Kier molecular flexibility index (Phi) is 2.97. The molecule has 1 atom stereocenters. The van der Waals surface area contributed by atoms with Gasteiger partial charge in [0.25, 0.3) is 5.91 Å². The lowest BCUT2D eigenvalue weighted by Gasteiger charge is -2.43. The van der Waals surface area contributed by atoms with Crippen molar-refractivity contribution in [2.45, 2.75) is 19.5 Å². The zero-order valence-corrected chi connectivity index (χ0v) is 11.9. The monoisotopic (exact) mass is 259 g/mol. The standard InChI is InChI=1S/C15H21N3O/c1-11-5-4-6-12-14(11)15(19)17(3)13-7-8-16(2)9-10-18(12)13/h4-6,13H,7-10H2,1-3H3. The number of anilines is 1. The molecule has 0 saturated carbocycles. The Morgan fingerprint density at radius 3 is 2.74 bits per heavy atom. The number of carbonyl (C=O) groups excluding carboxylic acids is 1. The molecule has 1 aromatic carbocycles. The van der Waals surface area contributed by atoms with Gasteiger partial charge in [0, 0.05) is 26.7 Å². The number of hydrogen-bond donors (Lipinski definition) is 0. The minimum Gasteiger partial charge on any atom is -0.349 e. The van der Waals surface area contributed by atoms with Crippen LogP contribution in [0.2, 0.25) is 0 Å². The van der Waals surface area contributed by atoms with Crippen LogP contribution >= 0.6 is 0 Å². The van der Waals surface area contributed by atoms with Crippen LogP contribution in [0.5, 0.6) is 0 Å². The first-order valence-corrected chi connectivity index (χ1v) is 6.91. The maximum Gasteiger partial charge on any atom is 0.257 e. The lowest BCUT2D eigenvalue weighted by atomic mass is 10.00. The summed E-state index contributed by atoms with van der Waals surface area (Å²) in [5.41, 5.74) is 3.07. The van der Waals surface area contributed by atoms with Crippen molar-refractivity contribution < 1.29 is 4.79 Å². The highest BCUT2D eigenvalue weighted by molar-refractivity contribution is 6.03. The second-order valence-electron chi connectivity index (χ2n) is 5.65. The largest absolute Gasteiger partial charge is 0.349 e. The maximum absolute atomic E-state index is 12.6. The van der Waals surface area contributed by atoms with Crippen LogP contribution in [0.25, 0.3) is 0 Å². The van der Waals surface area contributed by atoms with Crippen LogP contribution in [0.1, 0.15) is 22.3 Å². The number of amides is 1. The topological polar surface area (TPSA) is 26.8 Å². The summed E-state index contributed by atoms with van der Waals surface area (Å²) in [6, 6.07) is 6.17.